The minimum atomic E-state index is -1.28. The molecule has 17 nitrogen and oxygen atoms in total. The zero-order chi connectivity index (χ0) is 53.3. The summed E-state index contributed by atoms with van der Waals surface area (Å²) in [5, 5.41) is 21.2. The monoisotopic (exact) mass is 1050 g/mol. The van der Waals surface area contributed by atoms with Crippen LogP contribution < -0.4 is 37.2 Å². The Bertz CT molecular complexity index is 2560. The Balaban J connectivity index is 1.43. The molecule has 74 heavy (non-hydrogen) atoms. The molecule has 0 saturated carbocycles. The van der Waals surface area contributed by atoms with Crippen molar-refractivity contribution >= 4 is 81.7 Å². The van der Waals surface area contributed by atoms with Gasteiger partial charge in [0.2, 0.25) is 47.3 Å². The van der Waals surface area contributed by atoms with Gasteiger partial charge < -0.3 is 47.1 Å². The fraction of sp³-hybridized carbons (Fsp3) is 0.491. The number of thioether (sulfide) groups is 2. The molecule has 8 unspecified atom stereocenters. The standard InChI is InChI=1S/C55H73N9O8S2/c1-33(2)28-42-49(66)58-41(24-27-74-6)55(72)64-25-15-22-46(64)53(70)62-44(30-36-18-11-8-12-19-36)51(68)60-43(29-35-16-9-7-10-17-35)50(67)61-45(31-37-32-56-39-21-14-13-20-38(37)39)52(69)63-47(34(3)4)54(71)57-40(23-26-73-5)48(65)59-42/h7-14,16-21,32-34,40-47,56H,15,22-31H2,1-6H3,(H,57,71)(H,58,66)(H,59,65)(H,60,68)(H,61,67)(H,62,70)(H,63,69). The van der Waals surface area contributed by atoms with E-state index in [9.17, 15) is 38.4 Å². The highest BCUT2D eigenvalue weighted by molar-refractivity contribution is 7.98. The van der Waals surface area contributed by atoms with E-state index in [0.717, 1.165) is 16.5 Å². The maximum atomic E-state index is 14.9. The first kappa shape index (κ1) is 56.9. The number of fused-ring (bicyclic) bond motifs is 2. The molecule has 1 aromatic heterocycles. The van der Waals surface area contributed by atoms with Crippen molar-refractivity contribution < 1.29 is 38.4 Å². The van der Waals surface area contributed by atoms with Crippen LogP contribution in [0.4, 0.5) is 0 Å². The highest BCUT2D eigenvalue weighted by Crippen LogP contribution is 2.23. The third-order valence-corrected chi connectivity index (χ3v) is 14.7. The summed E-state index contributed by atoms with van der Waals surface area (Å²) in [7, 11) is 0. The lowest BCUT2D eigenvalue weighted by Crippen LogP contribution is -2.62. The fourth-order valence-corrected chi connectivity index (χ4v) is 10.4. The largest absolute Gasteiger partial charge is 0.361 e. The van der Waals surface area contributed by atoms with Gasteiger partial charge in [0.05, 0.1) is 0 Å². The lowest BCUT2D eigenvalue weighted by atomic mass is 9.99. The van der Waals surface area contributed by atoms with Gasteiger partial charge in [0.15, 0.2) is 0 Å². The van der Waals surface area contributed by atoms with Crippen molar-refractivity contribution in [2.75, 3.05) is 30.6 Å². The zero-order valence-corrected chi connectivity index (χ0v) is 44.9. The van der Waals surface area contributed by atoms with Crippen LogP contribution in [0.5, 0.6) is 0 Å². The molecule has 3 aromatic carbocycles. The second-order valence-electron chi connectivity index (χ2n) is 19.9. The van der Waals surface area contributed by atoms with Crippen molar-refractivity contribution in [1.82, 2.24) is 47.1 Å². The molecule has 0 aliphatic carbocycles. The Morgan fingerprint density at radius 2 is 1.00 bits per heavy atom. The van der Waals surface area contributed by atoms with Crippen molar-refractivity contribution in [3.05, 3.63) is 108 Å². The van der Waals surface area contributed by atoms with E-state index < -0.39 is 102 Å². The molecule has 6 rings (SSSR count). The van der Waals surface area contributed by atoms with Gasteiger partial charge in [0, 0.05) is 42.9 Å². The van der Waals surface area contributed by atoms with Gasteiger partial charge in [-0.3, -0.25) is 38.4 Å². The lowest BCUT2D eigenvalue weighted by molar-refractivity contribution is -0.142. The van der Waals surface area contributed by atoms with Crippen LogP contribution in [0.3, 0.4) is 0 Å². The molecular weight excluding hydrogens is 979 g/mol. The SMILES string of the molecule is CSCCC1NC(=O)C(C(C)C)NC(=O)C(Cc2c[nH]c3ccccc23)NC(=O)C(Cc2ccccc2)NC(=O)C(Cc2ccccc2)NC(=O)C2CCCN2C(=O)C(CCSC)NC(=O)C(CC(C)C)NC1=O. The van der Waals surface area contributed by atoms with Crippen LogP contribution in [0.2, 0.25) is 0 Å². The number of aromatic amines is 1. The van der Waals surface area contributed by atoms with Gasteiger partial charge in [-0.15, -0.1) is 0 Å². The number of hydrogen-bond acceptors (Lipinski definition) is 10. The van der Waals surface area contributed by atoms with Gasteiger partial charge in [-0.05, 0) is 90.7 Å². The molecule has 398 valence electrons. The maximum absolute atomic E-state index is 14.9. The quantitative estimate of drug-likeness (QED) is 0.0857. The molecule has 19 heteroatoms. The van der Waals surface area contributed by atoms with Gasteiger partial charge in [0.1, 0.15) is 48.3 Å². The molecule has 8 N–H and O–H groups in total. The highest BCUT2D eigenvalue weighted by atomic mass is 32.2. The number of carbonyl (C=O) groups is 8. The summed E-state index contributed by atoms with van der Waals surface area (Å²) in [6.07, 6.45) is 6.97. The predicted octanol–water partition coefficient (Wildman–Crippen LogP) is 3.80. The number of carbonyl (C=O) groups excluding carboxylic acids is 8. The Hall–Kier alpha value is -6.34. The van der Waals surface area contributed by atoms with E-state index in [2.05, 4.69) is 42.2 Å². The number of hydrogen-bond donors (Lipinski definition) is 8. The molecule has 2 aliphatic heterocycles. The summed E-state index contributed by atoms with van der Waals surface area (Å²) in [4.78, 5) is 122. The van der Waals surface area contributed by atoms with Gasteiger partial charge in [-0.2, -0.15) is 23.5 Å². The predicted molar refractivity (Wildman–Crippen MR) is 291 cm³/mol. The van der Waals surface area contributed by atoms with Gasteiger partial charge >= 0.3 is 0 Å². The number of benzene rings is 3. The van der Waals surface area contributed by atoms with Crippen LogP contribution in [0.15, 0.2) is 91.1 Å². The topological polar surface area (TPSA) is 240 Å². The molecule has 0 spiro atoms. The third kappa shape index (κ3) is 15.8. The summed E-state index contributed by atoms with van der Waals surface area (Å²) >= 11 is 2.96. The average molecular weight is 1050 g/mol. The third-order valence-electron chi connectivity index (χ3n) is 13.5. The molecule has 2 fully saturated rings. The van der Waals surface area contributed by atoms with Crippen molar-refractivity contribution in [3.8, 4) is 0 Å². The molecule has 4 aromatic rings. The van der Waals surface area contributed by atoms with Crippen molar-refractivity contribution in [3.63, 3.8) is 0 Å². The minimum Gasteiger partial charge on any atom is -0.361 e. The Kier molecular flexibility index (Phi) is 21.4. The van der Waals surface area contributed by atoms with E-state index in [4.69, 9.17) is 0 Å². The molecule has 2 aliphatic rings. The molecule has 8 atom stereocenters. The number of amides is 8. The zero-order valence-electron chi connectivity index (χ0n) is 43.2. The van der Waals surface area contributed by atoms with E-state index in [-0.39, 0.29) is 51.0 Å². The first-order valence-electron chi connectivity index (χ1n) is 25.6. The summed E-state index contributed by atoms with van der Waals surface area (Å²) in [5.41, 5.74) is 2.94. The number of aromatic nitrogens is 1. The number of nitrogens with one attached hydrogen (secondary N) is 8. The second kappa shape index (κ2) is 27.8. The summed E-state index contributed by atoms with van der Waals surface area (Å²) in [6.45, 7) is 7.54. The number of para-hydroxylation sites is 1. The van der Waals surface area contributed by atoms with Crippen LogP contribution >= 0.6 is 23.5 Å². The Morgan fingerprint density at radius 1 is 0.527 bits per heavy atom. The average Bonchev–Trinajstić information content (AvgIpc) is 4.05. The second-order valence-corrected chi connectivity index (χ2v) is 21.9. The smallest absolute Gasteiger partial charge is 0.245 e. The fourth-order valence-electron chi connectivity index (χ4n) is 9.46. The summed E-state index contributed by atoms with van der Waals surface area (Å²) in [6, 6.07) is 16.5. The normalized spacial score (nSPS) is 24.3. The van der Waals surface area contributed by atoms with Crippen LogP contribution in [0.25, 0.3) is 10.9 Å². The molecule has 3 heterocycles. The molecule has 8 amide bonds. The number of H-pyrrole nitrogens is 1. The van der Waals surface area contributed by atoms with Crippen LogP contribution in [-0.2, 0) is 57.6 Å². The maximum Gasteiger partial charge on any atom is 0.245 e. The lowest BCUT2D eigenvalue weighted by Gasteiger charge is -2.32. The van der Waals surface area contributed by atoms with E-state index in [1.165, 1.54) is 28.4 Å². The van der Waals surface area contributed by atoms with Crippen molar-refractivity contribution in [2.45, 2.75) is 127 Å². The van der Waals surface area contributed by atoms with Gasteiger partial charge in [0.25, 0.3) is 0 Å². The highest BCUT2D eigenvalue weighted by Gasteiger charge is 2.41. The first-order chi connectivity index (χ1) is 35.6. The molecular formula is C55H73N9O8S2. The molecule has 0 bridgehead atoms. The Morgan fingerprint density at radius 3 is 1.58 bits per heavy atom. The number of nitrogens with zero attached hydrogens (tertiary/aromatic N) is 1. The van der Waals surface area contributed by atoms with Gasteiger partial charge in [-0.25, -0.2) is 0 Å². The van der Waals surface area contributed by atoms with E-state index in [0.29, 0.717) is 35.5 Å². The van der Waals surface area contributed by atoms with E-state index in [1.54, 1.807) is 20.0 Å². The van der Waals surface area contributed by atoms with E-state index in [1.807, 2.05) is 111 Å². The summed E-state index contributed by atoms with van der Waals surface area (Å²) < 4.78 is 0. The molecule has 2 saturated heterocycles. The molecule has 0 radical (unpaired) electrons. The van der Waals surface area contributed by atoms with Crippen LogP contribution in [-0.4, -0.2) is 136 Å². The summed E-state index contributed by atoms with van der Waals surface area (Å²) in [5.74, 6) is -4.52. The minimum absolute atomic E-state index is 0.00838. The van der Waals surface area contributed by atoms with Crippen LogP contribution in [0, 0.1) is 11.8 Å². The van der Waals surface area contributed by atoms with Crippen molar-refractivity contribution in [2.24, 2.45) is 11.8 Å². The Labute approximate surface area is 442 Å². The van der Waals surface area contributed by atoms with Crippen molar-refractivity contribution in [1.29, 1.82) is 0 Å². The first-order valence-corrected chi connectivity index (χ1v) is 28.4. The number of rotatable bonds is 15. The van der Waals surface area contributed by atoms with E-state index >= 15 is 0 Å². The van der Waals surface area contributed by atoms with Crippen LogP contribution in [0.1, 0.15) is 76.5 Å². The van der Waals surface area contributed by atoms with Gasteiger partial charge in [-0.1, -0.05) is 107 Å².